The van der Waals surface area contributed by atoms with Gasteiger partial charge in [-0.1, -0.05) is 6.07 Å². The summed E-state index contributed by atoms with van der Waals surface area (Å²) in [6, 6.07) is 10.7. The third kappa shape index (κ3) is 4.46. The van der Waals surface area contributed by atoms with E-state index in [0.29, 0.717) is 38.9 Å². The average molecular weight is 405 g/mol. The molecule has 1 aliphatic heterocycles. The van der Waals surface area contributed by atoms with Crippen molar-refractivity contribution in [3.63, 3.8) is 0 Å². The second-order valence-corrected chi connectivity index (χ2v) is 7.97. The smallest absolute Gasteiger partial charge is 0.218 e. The average Bonchev–Trinajstić information content (AvgIpc) is 3.25. The van der Waals surface area contributed by atoms with E-state index in [1.165, 1.54) is 22.9 Å². The molecule has 0 radical (unpaired) electrons. The van der Waals surface area contributed by atoms with Crippen LogP contribution in [0.15, 0.2) is 42.7 Å². The van der Waals surface area contributed by atoms with Crippen molar-refractivity contribution in [2.24, 2.45) is 0 Å². The van der Waals surface area contributed by atoms with Crippen LogP contribution < -0.4 is 10.1 Å². The summed E-state index contributed by atoms with van der Waals surface area (Å²) < 4.78 is 17.4. The molecule has 5 rings (SSSR count). The fourth-order valence-electron chi connectivity index (χ4n) is 4.18. The maximum absolute atomic E-state index is 6.15. The Morgan fingerprint density at radius 1 is 1.13 bits per heavy atom. The first kappa shape index (κ1) is 19.4. The van der Waals surface area contributed by atoms with E-state index < -0.39 is 0 Å². The van der Waals surface area contributed by atoms with Crippen molar-refractivity contribution in [3.8, 4) is 5.88 Å². The lowest BCUT2D eigenvalue weighted by Gasteiger charge is -2.23. The molecule has 0 saturated carbocycles. The molecule has 1 aliphatic carbocycles. The van der Waals surface area contributed by atoms with E-state index in [1.807, 2.05) is 18.3 Å². The Bertz CT molecular complexity index is 1000. The normalized spacial score (nSPS) is 18.5. The molecule has 0 bridgehead atoms. The van der Waals surface area contributed by atoms with Crippen LogP contribution in [0.2, 0.25) is 0 Å². The van der Waals surface area contributed by atoms with E-state index in [2.05, 4.69) is 28.5 Å². The van der Waals surface area contributed by atoms with E-state index >= 15 is 0 Å². The molecule has 1 unspecified atom stereocenters. The van der Waals surface area contributed by atoms with Gasteiger partial charge < -0.3 is 19.5 Å². The van der Waals surface area contributed by atoms with Crippen LogP contribution >= 0.6 is 0 Å². The van der Waals surface area contributed by atoms with Gasteiger partial charge in [0.05, 0.1) is 31.4 Å². The van der Waals surface area contributed by atoms with Crippen molar-refractivity contribution < 1.29 is 14.2 Å². The van der Waals surface area contributed by atoms with E-state index in [-0.39, 0.29) is 6.10 Å². The Morgan fingerprint density at radius 3 is 2.90 bits per heavy atom. The van der Waals surface area contributed by atoms with E-state index in [0.717, 1.165) is 36.0 Å². The van der Waals surface area contributed by atoms with Gasteiger partial charge in [-0.3, -0.25) is 4.98 Å². The molecule has 1 saturated heterocycles. The molecule has 0 amide bonds. The Labute approximate surface area is 176 Å². The number of benzene rings is 1. The van der Waals surface area contributed by atoms with Crippen LogP contribution in [-0.4, -0.2) is 42.4 Å². The van der Waals surface area contributed by atoms with Gasteiger partial charge >= 0.3 is 0 Å². The first-order valence-electron chi connectivity index (χ1n) is 10.7. The van der Waals surface area contributed by atoms with Gasteiger partial charge in [0.2, 0.25) is 5.88 Å². The number of pyridine rings is 2. The van der Waals surface area contributed by atoms with Crippen molar-refractivity contribution in [1.82, 2.24) is 15.3 Å². The fraction of sp³-hybridized carbons (Fsp3) is 0.417. The Balaban J connectivity index is 1.37. The maximum atomic E-state index is 6.15. The topological polar surface area (TPSA) is 65.5 Å². The Morgan fingerprint density at radius 2 is 2.07 bits per heavy atom. The fourth-order valence-corrected chi connectivity index (χ4v) is 4.18. The summed E-state index contributed by atoms with van der Waals surface area (Å²) in [6.07, 6.45) is 7.23. The minimum Gasteiger partial charge on any atom is -0.472 e. The number of aryl methyl sites for hydroxylation is 2. The number of rotatable bonds is 7. The highest BCUT2D eigenvalue weighted by molar-refractivity contribution is 5.82. The van der Waals surface area contributed by atoms with Gasteiger partial charge in [0.15, 0.2) is 0 Å². The highest BCUT2D eigenvalue weighted by atomic mass is 16.6. The number of fused-ring (bicyclic) bond motifs is 2. The molecular weight excluding hydrogens is 378 g/mol. The summed E-state index contributed by atoms with van der Waals surface area (Å²) >= 11 is 0. The molecule has 3 heterocycles. The zero-order valence-electron chi connectivity index (χ0n) is 17.1. The number of hydrogen-bond acceptors (Lipinski definition) is 6. The molecule has 2 aliphatic rings. The van der Waals surface area contributed by atoms with Crippen LogP contribution in [0.5, 0.6) is 5.88 Å². The van der Waals surface area contributed by atoms with Gasteiger partial charge in [-0.2, -0.15) is 0 Å². The number of nitrogens with zero attached hydrogens (tertiary/aromatic N) is 2. The molecule has 0 spiro atoms. The molecule has 3 aromatic rings. The zero-order chi connectivity index (χ0) is 20.2. The van der Waals surface area contributed by atoms with Gasteiger partial charge in [0.1, 0.15) is 6.61 Å². The summed E-state index contributed by atoms with van der Waals surface area (Å²) in [6.45, 7) is 3.84. The van der Waals surface area contributed by atoms with Crippen molar-refractivity contribution in [2.45, 2.75) is 38.5 Å². The summed E-state index contributed by atoms with van der Waals surface area (Å²) in [7, 11) is 0. The minimum absolute atomic E-state index is 0.0928. The number of aromatic nitrogens is 2. The van der Waals surface area contributed by atoms with Gasteiger partial charge in [0.25, 0.3) is 0 Å². The van der Waals surface area contributed by atoms with Crippen LogP contribution in [0.25, 0.3) is 10.9 Å². The second kappa shape index (κ2) is 9.08. The first-order chi connectivity index (χ1) is 14.8. The predicted octanol–water partition coefficient (Wildman–Crippen LogP) is 3.20. The van der Waals surface area contributed by atoms with Crippen molar-refractivity contribution >= 4 is 10.9 Å². The van der Waals surface area contributed by atoms with Crippen LogP contribution in [0, 0.1) is 0 Å². The summed E-state index contributed by atoms with van der Waals surface area (Å²) in [5.41, 5.74) is 5.97. The van der Waals surface area contributed by atoms with Crippen LogP contribution in [-0.2, 0) is 35.5 Å². The molecule has 156 valence electrons. The molecule has 6 heteroatoms. The highest BCUT2D eigenvalue weighted by Gasteiger charge is 2.17. The quantitative estimate of drug-likeness (QED) is 0.651. The third-order valence-corrected chi connectivity index (χ3v) is 5.74. The number of nitrogens with one attached hydrogen (secondary N) is 1. The molecule has 1 atom stereocenters. The van der Waals surface area contributed by atoms with Crippen LogP contribution in [0.3, 0.4) is 0 Å². The second-order valence-electron chi connectivity index (χ2n) is 7.97. The van der Waals surface area contributed by atoms with Gasteiger partial charge in [-0.15, -0.1) is 0 Å². The number of hydrogen-bond donors (Lipinski definition) is 1. The molecule has 2 aromatic heterocycles. The lowest BCUT2D eigenvalue weighted by molar-refractivity contribution is -0.0864. The zero-order valence-corrected chi connectivity index (χ0v) is 17.1. The summed E-state index contributed by atoms with van der Waals surface area (Å²) in [5.74, 6) is 0.678. The minimum atomic E-state index is 0.0928. The molecule has 1 N–H and O–H groups in total. The van der Waals surface area contributed by atoms with E-state index in [4.69, 9.17) is 19.2 Å². The predicted molar refractivity (Wildman–Crippen MR) is 115 cm³/mol. The lowest BCUT2D eigenvalue weighted by Crippen LogP contribution is -2.37. The Hall–Kier alpha value is -2.54. The molecule has 30 heavy (non-hydrogen) atoms. The summed E-state index contributed by atoms with van der Waals surface area (Å²) in [4.78, 5) is 9.07. The monoisotopic (exact) mass is 405 g/mol. The van der Waals surface area contributed by atoms with Gasteiger partial charge in [-0.25, -0.2) is 4.98 Å². The van der Waals surface area contributed by atoms with Crippen LogP contribution in [0.4, 0.5) is 0 Å². The molecule has 1 aromatic carbocycles. The van der Waals surface area contributed by atoms with Gasteiger partial charge in [-0.05, 0) is 54.7 Å². The van der Waals surface area contributed by atoms with Crippen molar-refractivity contribution in [3.05, 3.63) is 65.0 Å². The number of ether oxygens (including phenoxy) is 3. The van der Waals surface area contributed by atoms with E-state index in [1.54, 1.807) is 6.20 Å². The van der Waals surface area contributed by atoms with Crippen LogP contribution in [0.1, 0.15) is 28.7 Å². The third-order valence-electron chi connectivity index (χ3n) is 5.74. The van der Waals surface area contributed by atoms with E-state index in [9.17, 15) is 0 Å². The highest BCUT2D eigenvalue weighted by Crippen LogP contribution is 2.30. The molecule has 6 nitrogen and oxygen atoms in total. The first-order valence-corrected chi connectivity index (χ1v) is 10.7. The molecule has 1 fully saturated rings. The van der Waals surface area contributed by atoms with Crippen molar-refractivity contribution in [2.75, 3.05) is 26.4 Å². The van der Waals surface area contributed by atoms with Crippen molar-refractivity contribution in [1.29, 1.82) is 0 Å². The largest absolute Gasteiger partial charge is 0.472 e. The Kier molecular flexibility index (Phi) is 5.88. The molecular formula is C24H27N3O3. The summed E-state index contributed by atoms with van der Waals surface area (Å²) in [5, 5.41) is 4.67. The maximum Gasteiger partial charge on any atom is 0.218 e. The SMILES string of the molecule is c1cncc(COc2nc3cc4c(cc3cc2CNCC2COCCO2)CCC4)c1. The standard InChI is InChI=1S/C24H27N3O3/c1-4-18-9-20-10-21(13-26-14-22-16-28-7-8-29-22)24(27-23(20)11-19(18)5-1)30-15-17-3-2-6-25-12-17/h2-3,6,9-12,22,26H,1,4-5,7-8,13-16H2. The lowest BCUT2D eigenvalue weighted by atomic mass is 10.0. The van der Waals surface area contributed by atoms with Gasteiger partial charge in [0, 0.05) is 42.0 Å².